The third-order valence-corrected chi connectivity index (χ3v) is 4.78. The molecule has 1 aliphatic carbocycles. The third kappa shape index (κ3) is 3.01. The number of hydrogen-bond donors (Lipinski definition) is 2. The van der Waals surface area contributed by atoms with Crippen molar-refractivity contribution >= 4 is 11.6 Å². The van der Waals surface area contributed by atoms with Crippen molar-refractivity contribution < 1.29 is 32.2 Å². The lowest BCUT2D eigenvalue weighted by Crippen LogP contribution is -2.09. The minimum atomic E-state index is -4.75. The number of aromatic hydroxyl groups is 2. The fourth-order valence-corrected chi connectivity index (χ4v) is 3.56. The highest BCUT2D eigenvalue weighted by molar-refractivity contribution is 5.95. The minimum absolute atomic E-state index is 0.0738. The van der Waals surface area contributed by atoms with Crippen molar-refractivity contribution in [1.29, 1.82) is 5.26 Å². The van der Waals surface area contributed by atoms with Crippen molar-refractivity contribution in [3.05, 3.63) is 82.1 Å². The second-order valence-corrected chi connectivity index (χ2v) is 6.50. The van der Waals surface area contributed by atoms with Crippen LogP contribution in [0, 0.1) is 17.1 Å². The van der Waals surface area contributed by atoms with Crippen molar-refractivity contribution in [1.82, 2.24) is 0 Å². The Hall–Kier alpha value is -3.73. The summed E-state index contributed by atoms with van der Waals surface area (Å²) in [5.41, 5.74) is -0.645. The number of furan rings is 1. The zero-order valence-electron chi connectivity index (χ0n) is 14.5. The molecule has 0 spiro atoms. The number of nitriles is 1. The van der Waals surface area contributed by atoms with E-state index in [0.717, 1.165) is 12.1 Å². The highest BCUT2D eigenvalue weighted by Crippen LogP contribution is 2.51. The molecule has 2 N–H and O–H groups in total. The maximum absolute atomic E-state index is 13.9. The normalized spacial score (nSPS) is 15.7. The van der Waals surface area contributed by atoms with Crippen LogP contribution in [0.3, 0.4) is 0 Å². The summed E-state index contributed by atoms with van der Waals surface area (Å²) in [6.07, 6.45) is -2.28. The van der Waals surface area contributed by atoms with Crippen LogP contribution in [0.25, 0.3) is 11.6 Å². The Balaban J connectivity index is 2.02. The van der Waals surface area contributed by atoms with E-state index in [1.165, 1.54) is 30.5 Å². The molecule has 4 nitrogen and oxygen atoms in total. The summed E-state index contributed by atoms with van der Waals surface area (Å²) in [5.74, 6) is -3.06. The molecule has 3 aromatic rings. The summed E-state index contributed by atoms with van der Waals surface area (Å²) < 4.78 is 60.1. The van der Waals surface area contributed by atoms with Crippen LogP contribution in [0.4, 0.5) is 17.6 Å². The maximum Gasteiger partial charge on any atom is 0.417 e. The Kier molecular flexibility index (Phi) is 4.12. The van der Waals surface area contributed by atoms with Gasteiger partial charge in [-0.2, -0.15) is 18.4 Å². The van der Waals surface area contributed by atoms with Crippen LogP contribution in [0.15, 0.2) is 47.1 Å². The topological polar surface area (TPSA) is 77.4 Å². The maximum atomic E-state index is 13.9. The molecule has 4 rings (SSSR count). The summed E-state index contributed by atoms with van der Waals surface area (Å²) in [4.78, 5) is 0. The van der Waals surface area contributed by atoms with E-state index < -0.39 is 35.0 Å². The molecule has 29 heavy (non-hydrogen) atoms. The number of fused-ring (bicyclic) bond motifs is 1. The van der Waals surface area contributed by atoms with Crippen LogP contribution in [0.1, 0.15) is 39.5 Å². The van der Waals surface area contributed by atoms with Gasteiger partial charge in [0.1, 0.15) is 17.6 Å². The molecule has 1 aromatic heterocycles. The average Bonchev–Trinajstić information content (AvgIpc) is 3.26. The molecule has 146 valence electrons. The van der Waals surface area contributed by atoms with Crippen LogP contribution >= 0.6 is 0 Å². The van der Waals surface area contributed by atoms with Gasteiger partial charge in [0, 0.05) is 0 Å². The molecule has 0 saturated heterocycles. The Morgan fingerprint density at radius 2 is 1.83 bits per heavy atom. The van der Waals surface area contributed by atoms with Crippen molar-refractivity contribution in [3.63, 3.8) is 0 Å². The van der Waals surface area contributed by atoms with Crippen LogP contribution in [-0.4, -0.2) is 10.2 Å². The average molecular weight is 401 g/mol. The number of benzene rings is 2. The van der Waals surface area contributed by atoms with Gasteiger partial charge >= 0.3 is 6.18 Å². The summed E-state index contributed by atoms with van der Waals surface area (Å²) >= 11 is 0. The predicted octanol–water partition coefficient (Wildman–Crippen LogP) is 5.41. The molecule has 0 aliphatic heterocycles. The number of alkyl halides is 3. The molecule has 2 aromatic carbocycles. The van der Waals surface area contributed by atoms with Crippen LogP contribution in [-0.2, 0) is 6.18 Å². The van der Waals surface area contributed by atoms with Gasteiger partial charge < -0.3 is 14.6 Å². The second kappa shape index (κ2) is 6.41. The molecule has 1 aliphatic rings. The quantitative estimate of drug-likeness (QED) is 0.563. The zero-order chi connectivity index (χ0) is 20.9. The number of hydrogen-bond acceptors (Lipinski definition) is 4. The number of phenols is 2. The first-order valence-corrected chi connectivity index (χ1v) is 8.32. The van der Waals surface area contributed by atoms with Gasteiger partial charge in [-0.3, -0.25) is 0 Å². The molecule has 0 amide bonds. The first-order chi connectivity index (χ1) is 13.7. The standard InChI is InChI=1S/C21H11F4NO3/c22-17-5-10(1-2-18(17)28)13-8-14-15(6-12(27)7-16(14)21(23,24)25)19(13)20-11(9-26)3-4-29-20/h1-8,19,27-28H. The molecule has 0 saturated carbocycles. The molecule has 0 fully saturated rings. The van der Waals surface area contributed by atoms with E-state index >= 15 is 0 Å². The van der Waals surface area contributed by atoms with Crippen molar-refractivity contribution in [2.45, 2.75) is 12.1 Å². The predicted molar refractivity (Wildman–Crippen MR) is 94.3 cm³/mol. The lowest BCUT2D eigenvalue weighted by Gasteiger charge is -2.17. The van der Waals surface area contributed by atoms with Gasteiger partial charge in [0.2, 0.25) is 0 Å². The Labute approximate surface area is 161 Å². The monoisotopic (exact) mass is 401 g/mol. The molecule has 1 atom stereocenters. The van der Waals surface area contributed by atoms with E-state index in [4.69, 9.17) is 4.42 Å². The summed E-state index contributed by atoms with van der Waals surface area (Å²) in [6.45, 7) is 0. The molecule has 1 unspecified atom stereocenters. The van der Waals surface area contributed by atoms with Gasteiger partial charge in [0.25, 0.3) is 0 Å². The van der Waals surface area contributed by atoms with Crippen LogP contribution in [0.2, 0.25) is 0 Å². The first kappa shape index (κ1) is 18.6. The SMILES string of the molecule is N#Cc1ccoc1C1C(c2ccc(O)c(F)c2)=Cc2c1cc(O)cc2C(F)(F)F. The zero-order valence-corrected chi connectivity index (χ0v) is 14.5. The lowest BCUT2D eigenvalue weighted by molar-refractivity contribution is -0.137. The fourth-order valence-electron chi connectivity index (χ4n) is 3.56. The number of phenolic OH excluding ortho intramolecular Hbond substituents is 2. The van der Waals surface area contributed by atoms with Crippen LogP contribution < -0.4 is 0 Å². The van der Waals surface area contributed by atoms with Gasteiger partial charge in [-0.25, -0.2) is 4.39 Å². The molecule has 0 bridgehead atoms. The van der Waals surface area contributed by atoms with Crippen molar-refractivity contribution in [2.24, 2.45) is 0 Å². The number of rotatable bonds is 2. The van der Waals surface area contributed by atoms with E-state index in [2.05, 4.69) is 0 Å². The Morgan fingerprint density at radius 3 is 2.48 bits per heavy atom. The van der Waals surface area contributed by atoms with Gasteiger partial charge in [-0.15, -0.1) is 0 Å². The van der Waals surface area contributed by atoms with E-state index in [1.807, 2.05) is 6.07 Å². The minimum Gasteiger partial charge on any atom is -0.508 e. The fraction of sp³-hybridized carbons (Fsp3) is 0.0952. The molecule has 8 heteroatoms. The lowest BCUT2D eigenvalue weighted by atomic mass is 9.87. The van der Waals surface area contributed by atoms with Crippen molar-refractivity contribution in [2.75, 3.05) is 0 Å². The van der Waals surface area contributed by atoms with E-state index in [0.29, 0.717) is 6.07 Å². The molecular weight excluding hydrogens is 390 g/mol. The number of halogens is 4. The summed E-state index contributed by atoms with van der Waals surface area (Å²) in [6, 6.07) is 8.49. The summed E-state index contributed by atoms with van der Waals surface area (Å²) in [5, 5.41) is 28.7. The van der Waals surface area contributed by atoms with Crippen LogP contribution in [0.5, 0.6) is 11.5 Å². The molecular formula is C21H11F4NO3. The van der Waals surface area contributed by atoms with E-state index in [-0.39, 0.29) is 33.6 Å². The van der Waals surface area contributed by atoms with Gasteiger partial charge in [-0.05, 0) is 58.7 Å². The Bertz CT molecular complexity index is 1200. The van der Waals surface area contributed by atoms with E-state index in [1.54, 1.807) is 0 Å². The highest BCUT2D eigenvalue weighted by atomic mass is 19.4. The van der Waals surface area contributed by atoms with Gasteiger partial charge in [0.05, 0.1) is 23.3 Å². The van der Waals surface area contributed by atoms with Gasteiger partial charge in [-0.1, -0.05) is 6.07 Å². The summed E-state index contributed by atoms with van der Waals surface area (Å²) in [7, 11) is 0. The molecule has 0 radical (unpaired) electrons. The number of allylic oxidation sites excluding steroid dienone is 1. The van der Waals surface area contributed by atoms with Crippen molar-refractivity contribution in [3.8, 4) is 17.6 Å². The smallest absolute Gasteiger partial charge is 0.417 e. The second-order valence-electron chi connectivity index (χ2n) is 6.50. The third-order valence-electron chi connectivity index (χ3n) is 4.78. The number of nitrogens with zero attached hydrogens (tertiary/aromatic N) is 1. The highest BCUT2D eigenvalue weighted by Gasteiger charge is 2.40. The molecule has 1 heterocycles. The van der Waals surface area contributed by atoms with E-state index in [9.17, 15) is 33.0 Å². The van der Waals surface area contributed by atoms with Gasteiger partial charge in [0.15, 0.2) is 11.6 Å². The Morgan fingerprint density at radius 1 is 1.07 bits per heavy atom. The largest absolute Gasteiger partial charge is 0.508 e. The first-order valence-electron chi connectivity index (χ1n) is 8.32.